The molecule has 0 aliphatic carbocycles. The predicted octanol–water partition coefficient (Wildman–Crippen LogP) is 4.96. The van der Waals surface area contributed by atoms with Crippen LogP contribution in [-0.2, 0) is 0 Å². The lowest BCUT2D eigenvalue weighted by atomic mass is 10.2. The van der Waals surface area contributed by atoms with E-state index in [-0.39, 0.29) is 0 Å². The van der Waals surface area contributed by atoms with E-state index in [9.17, 15) is 0 Å². The van der Waals surface area contributed by atoms with Crippen LogP contribution < -0.4 is 0 Å². The highest BCUT2D eigenvalue weighted by molar-refractivity contribution is 7.20. The minimum Gasteiger partial charge on any atom is -0.273 e. The summed E-state index contributed by atoms with van der Waals surface area (Å²) in [5.74, 6) is 0.699. The number of hydrogen-bond donors (Lipinski definition) is 0. The minimum atomic E-state index is 0.699. The average Bonchev–Trinajstić information content (AvgIpc) is 3.43. The Morgan fingerprint density at radius 2 is 1.66 bits per heavy atom. The van der Waals surface area contributed by atoms with Crippen molar-refractivity contribution in [1.29, 1.82) is 0 Å². The summed E-state index contributed by atoms with van der Waals surface area (Å²) < 4.78 is 5.06. The van der Waals surface area contributed by atoms with Gasteiger partial charge in [-0.25, -0.2) is 19.5 Å². The van der Waals surface area contributed by atoms with Crippen molar-refractivity contribution in [1.82, 2.24) is 29.1 Å². The van der Waals surface area contributed by atoms with Gasteiger partial charge in [-0.15, -0.1) is 5.10 Å². The van der Waals surface area contributed by atoms with Crippen LogP contribution in [0.3, 0.4) is 0 Å². The molecule has 0 unspecified atom stereocenters. The second kappa shape index (κ2) is 5.96. The Labute approximate surface area is 170 Å². The summed E-state index contributed by atoms with van der Waals surface area (Å²) in [6, 6.07) is 18.2. The van der Waals surface area contributed by atoms with Gasteiger partial charge in [0.2, 0.25) is 0 Å². The summed E-state index contributed by atoms with van der Waals surface area (Å²) in [4.78, 5) is 14.4. The number of fused-ring (bicyclic) bond motifs is 4. The summed E-state index contributed by atoms with van der Waals surface area (Å²) in [6.45, 7) is 4.22. The number of hydrogen-bond acceptors (Lipinski definition) is 5. The second-order valence-electron chi connectivity index (χ2n) is 7.02. The Bertz CT molecular complexity index is 1490. The van der Waals surface area contributed by atoms with Gasteiger partial charge >= 0.3 is 0 Å². The third kappa shape index (κ3) is 2.34. The molecule has 0 N–H and O–H groups in total. The first-order valence-corrected chi connectivity index (χ1v) is 10.2. The Hall–Kier alpha value is -3.58. The maximum atomic E-state index is 4.84. The van der Waals surface area contributed by atoms with E-state index >= 15 is 0 Å². The van der Waals surface area contributed by atoms with Gasteiger partial charge in [0.05, 0.1) is 15.6 Å². The molecule has 0 radical (unpaired) electrons. The highest BCUT2D eigenvalue weighted by Gasteiger charge is 2.21. The van der Waals surface area contributed by atoms with Gasteiger partial charge in [-0.3, -0.25) is 4.57 Å². The van der Waals surface area contributed by atoms with Gasteiger partial charge in [-0.2, -0.15) is 0 Å². The van der Waals surface area contributed by atoms with Gasteiger partial charge in [0, 0.05) is 11.3 Å². The molecule has 0 spiro atoms. The molecule has 0 aliphatic rings. The topological polar surface area (TPSA) is 60.9 Å². The van der Waals surface area contributed by atoms with Crippen LogP contribution in [0.2, 0.25) is 0 Å². The van der Waals surface area contributed by atoms with Crippen molar-refractivity contribution >= 4 is 38.2 Å². The van der Waals surface area contributed by atoms with E-state index in [1.165, 1.54) is 0 Å². The van der Waals surface area contributed by atoms with Crippen molar-refractivity contribution in [2.75, 3.05) is 0 Å². The fourth-order valence-corrected chi connectivity index (χ4v) is 4.78. The van der Waals surface area contributed by atoms with Crippen LogP contribution in [0.25, 0.3) is 43.4 Å². The lowest BCUT2D eigenvalue weighted by Gasteiger charge is -2.02. The summed E-state index contributed by atoms with van der Waals surface area (Å²) in [6.07, 6.45) is 1.74. The fraction of sp³-hybridized carbons (Fsp3) is 0.0909. The molecule has 0 aliphatic heterocycles. The van der Waals surface area contributed by atoms with Crippen molar-refractivity contribution in [2.45, 2.75) is 13.8 Å². The Morgan fingerprint density at radius 3 is 2.48 bits per heavy atom. The fourth-order valence-electron chi connectivity index (χ4n) is 3.76. The third-order valence-corrected chi connectivity index (χ3v) is 6.36. The van der Waals surface area contributed by atoms with Crippen LogP contribution in [0, 0.1) is 13.8 Å². The number of nitrogens with zero attached hydrogens (tertiary/aromatic N) is 6. The second-order valence-corrected chi connectivity index (χ2v) is 8.03. The lowest BCUT2D eigenvalue weighted by molar-refractivity contribution is 0.925. The van der Waals surface area contributed by atoms with Crippen LogP contribution >= 0.6 is 11.3 Å². The molecule has 0 bridgehead atoms. The van der Waals surface area contributed by atoms with Crippen LogP contribution in [-0.4, -0.2) is 29.1 Å². The normalized spacial score (nSPS) is 11.8. The number of rotatable bonds is 2. The third-order valence-electron chi connectivity index (χ3n) is 5.34. The molecule has 2 aromatic carbocycles. The molecule has 140 valence electrons. The van der Waals surface area contributed by atoms with Crippen molar-refractivity contribution in [3.8, 4) is 16.5 Å². The van der Waals surface area contributed by atoms with Gasteiger partial charge < -0.3 is 0 Å². The molecule has 0 atom stereocenters. The highest BCUT2D eigenvalue weighted by atomic mass is 32.1. The first-order valence-electron chi connectivity index (χ1n) is 9.35. The molecule has 0 saturated carbocycles. The van der Waals surface area contributed by atoms with Crippen LogP contribution in [0.5, 0.6) is 0 Å². The molecule has 0 saturated heterocycles. The smallest absolute Gasteiger partial charge is 0.196 e. The van der Waals surface area contributed by atoms with Crippen molar-refractivity contribution in [3.05, 3.63) is 72.2 Å². The van der Waals surface area contributed by atoms with E-state index in [0.29, 0.717) is 5.82 Å². The number of thiazole rings is 1. The van der Waals surface area contributed by atoms with E-state index in [2.05, 4.69) is 29.6 Å². The van der Waals surface area contributed by atoms with Gasteiger partial charge in [0.15, 0.2) is 22.3 Å². The Balaban J connectivity index is 1.64. The molecular formula is C22H16N6S. The van der Waals surface area contributed by atoms with E-state index in [4.69, 9.17) is 15.0 Å². The largest absolute Gasteiger partial charge is 0.273 e. The van der Waals surface area contributed by atoms with E-state index in [0.717, 1.165) is 48.8 Å². The summed E-state index contributed by atoms with van der Waals surface area (Å²) >= 11 is 1.67. The first kappa shape index (κ1) is 16.4. The summed E-state index contributed by atoms with van der Waals surface area (Å²) in [5.41, 5.74) is 5.92. The number of aromatic nitrogens is 6. The predicted molar refractivity (Wildman–Crippen MR) is 116 cm³/mol. The van der Waals surface area contributed by atoms with Crippen molar-refractivity contribution in [3.63, 3.8) is 0 Å². The maximum absolute atomic E-state index is 4.84. The number of benzene rings is 2. The number of para-hydroxylation sites is 1. The monoisotopic (exact) mass is 396 g/mol. The van der Waals surface area contributed by atoms with Gasteiger partial charge in [-0.05, 0) is 31.5 Å². The van der Waals surface area contributed by atoms with Gasteiger partial charge in [0.25, 0.3) is 0 Å². The minimum absolute atomic E-state index is 0.699. The molecule has 6 aromatic rings. The maximum Gasteiger partial charge on any atom is 0.196 e. The van der Waals surface area contributed by atoms with Crippen LogP contribution in [0.1, 0.15) is 11.3 Å². The molecule has 4 heterocycles. The zero-order chi connectivity index (χ0) is 19.5. The van der Waals surface area contributed by atoms with Gasteiger partial charge in [-0.1, -0.05) is 53.8 Å². The highest BCUT2D eigenvalue weighted by Crippen LogP contribution is 2.33. The SMILES string of the molecule is Cc1c(C)n(-c2nc3ccccc3s2)c2ncn3nc(-c4ccccc4)nc3c12. The zero-order valence-electron chi connectivity index (χ0n) is 15.9. The van der Waals surface area contributed by atoms with E-state index in [1.807, 2.05) is 48.5 Å². The number of aryl methyl sites for hydroxylation is 1. The molecule has 6 rings (SSSR count). The van der Waals surface area contributed by atoms with Crippen molar-refractivity contribution < 1.29 is 0 Å². The quantitative estimate of drug-likeness (QED) is 0.415. The van der Waals surface area contributed by atoms with E-state index < -0.39 is 0 Å². The molecule has 7 heteroatoms. The zero-order valence-corrected chi connectivity index (χ0v) is 16.7. The molecule has 0 amide bonds. The van der Waals surface area contributed by atoms with E-state index in [1.54, 1.807) is 22.2 Å². The molecule has 6 nitrogen and oxygen atoms in total. The Kier molecular flexibility index (Phi) is 3.36. The molecule has 29 heavy (non-hydrogen) atoms. The van der Waals surface area contributed by atoms with Crippen LogP contribution in [0.15, 0.2) is 60.9 Å². The molecule has 0 fully saturated rings. The summed E-state index contributed by atoms with van der Waals surface area (Å²) in [7, 11) is 0. The molecule has 4 aromatic heterocycles. The summed E-state index contributed by atoms with van der Waals surface area (Å²) in [5, 5.41) is 6.57. The van der Waals surface area contributed by atoms with Gasteiger partial charge in [0.1, 0.15) is 6.33 Å². The van der Waals surface area contributed by atoms with Crippen LogP contribution in [0.4, 0.5) is 0 Å². The lowest BCUT2D eigenvalue weighted by Crippen LogP contribution is -1.98. The first-order chi connectivity index (χ1) is 14.2. The standard InChI is InChI=1S/C22H16N6S/c1-13-14(2)28(22-24-16-10-6-7-11-17(16)29-22)20-18(13)21-25-19(26-27(21)12-23-20)15-8-4-3-5-9-15/h3-12H,1-2H3. The average molecular weight is 396 g/mol. The van der Waals surface area contributed by atoms with Crippen molar-refractivity contribution in [2.24, 2.45) is 0 Å². The molecular weight excluding hydrogens is 380 g/mol. The Morgan fingerprint density at radius 1 is 0.862 bits per heavy atom.